The van der Waals surface area contributed by atoms with Crippen LogP contribution in [0.1, 0.15) is 6.92 Å². The van der Waals surface area contributed by atoms with Gasteiger partial charge in [-0.3, -0.25) is 10.0 Å². The van der Waals surface area contributed by atoms with E-state index in [0.29, 0.717) is 0 Å². The van der Waals surface area contributed by atoms with Crippen LogP contribution < -0.4 is 5.48 Å². The van der Waals surface area contributed by atoms with Crippen LogP contribution >= 0.6 is 0 Å². The summed E-state index contributed by atoms with van der Waals surface area (Å²) >= 11 is 0. The minimum Gasteiger partial charge on any atom is -0.289 e. The maximum Gasteiger partial charge on any atom is 0.265 e. The molecule has 0 aliphatic heterocycles. The van der Waals surface area contributed by atoms with Gasteiger partial charge in [-0.1, -0.05) is 12.2 Å². The molecule has 9 heteroatoms. The van der Waals surface area contributed by atoms with E-state index < -0.39 is 47.6 Å². The van der Waals surface area contributed by atoms with Crippen LogP contribution in [-0.2, 0) is 24.5 Å². The fourth-order valence-electron chi connectivity index (χ4n) is 1.41. The summed E-state index contributed by atoms with van der Waals surface area (Å²) in [4.78, 5) is 11.6. The maximum atomic E-state index is 12.0. The van der Waals surface area contributed by atoms with Crippen molar-refractivity contribution in [2.75, 3.05) is 17.3 Å². The van der Waals surface area contributed by atoms with Crippen LogP contribution in [0.3, 0.4) is 0 Å². The van der Waals surface area contributed by atoms with Crippen LogP contribution in [-0.4, -0.2) is 50.0 Å². The van der Waals surface area contributed by atoms with Gasteiger partial charge in [0, 0.05) is 0 Å². The molecule has 2 N–H and O–H groups in total. The average Bonchev–Trinajstić information content (AvgIpc) is 2.26. The van der Waals surface area contributed by atoms with Crippen molar-refractivity contribution in [3.63, 3.8) is 0 Å². The first kappa shape index (κ1) is 17.8. The number of sulfone groups is 2. The van der Waals surface area contributed by atoms with Crippen LogP contribution in [0.5, 0.6) is 0 Å². The molecule has 1 unspecified atom stereocenters. The van der Waals surface area contributed by atoms with Crippen molar-refractivity contribution in [3.05, 3.63) is 25.3 Å². The first-order chi connectivity index (χ1) is 8.56. The fourth-order valence-corrected chi connectivity index (χ4v) is 5.12. The van der Waals surface area contributed by atoms with Crippen LogP contribution in [0.25, 0.3) is 0 Å². The Morgan fingerprint density at radius 2 is 1.68 bits per heavy atom. The van der Waals surface area contributed by atoms with Crippen molar-refractivity contribution in [1.82, 2.24) is 5.48 Å². The van der Waals surface area contributed by atoms with Crippen molar-refractivity contribution in [3.8, 4) is 0 Å². The summed E-state index contributed by atoms with van der Waals surface area (Å²) in [6.45, 7) is 7.43. The molecule has 0 fully saturated rings. The summed E-state index contributed by atoms with van der Waals surface area (Å²) in [5.74, 6) is -3.30. The Balaban J connectivity index is 5.77. The lowest BCUT2D eigenvalue weighted by molar-refractivity contribution is -0.131. The van der Waals surface area contributed by atoms with Gasteiger partial charge in [-0.2, -0.15) is 0 Å². The van der Waals surface area contributed by atoms with Crippen molar-refractivity contribution in [1.29, 1.82) is 0 Å². The molecule has 0 radical (unpaired) electrons. The molecule has 0 saturated heterocycles. The third-order valence-corrected chi connectivity index (χ3v) is 6.79. The Hall–Kier alpha value is -1.19. The van der Waals surface area contributed by atoms with Gasteiger partial charge in [-0.15, -0.1) is 13.2 Å². The first-order valence-electron chi connectivity index (χ1n) is 5.15. The van der Waals surface area contributed by atoms with Gasteiger partial charge < -0.3 is 0 Å². The highest BCUT2D eigenvalue weighted by molar-refractivity contribution is 7.96. The van der Waals surface area contributed by atoms with E-state index in [2.05, 4.69) is 13.2 Å². The van der Waals surface area contributed by atoms with Gasteiger partial charge in [0.05, 0.1) is 17.3 Å². The van der Waals surface area contributed by atoms with E-state index in [1.807, 2.05) is 0 Å². The molecule has 0 rings (SSSR count). The second kappa shape index (κ2) is 6.31. The molecule has 0 bridgehead atoms. The van der Waals surface area contributed by atoms with Gasteiger partial charge in [-0.05, 0) is 6.92 Å². The molecule has 0 aliphatic rings. The SMILES string of the molecule is C=CCS(=O)(=O)CC(C)(C(=O)NO)S(=O)(=O)CC=C. The summed E-state index contributed by atoms with van der Waals surface area (Å²) < 4.78 is 45.1. The Kier molecular flexibility index (Phi) is 5.91. The maximum absolute atomic E-state index is 12.0. The van der Waals surface area contributed by atoms with Gasteiger partial charge in [0.25, 0.3) is 5.91 Å². The van der Waals surface area contributed by atoms with Gasteiger partial charge in [0.1, 0.15) is 0 Å². The summed E-state index contributed by atoms with van der Waals surface area (Å²) in [7, 11) is -7.99. The molecular weight excluding hydrogens is 294 g/mol. The number of amides is 1. The van der Waals surface area contributed by atoms with Crippen LogP contribution in [0.4, 0.5) is 0 Å². The van der Waals surface area contributed by atoms with Crippen molar-refractivity contribution < 1.29 is 26.8 Å². The zero-order chi connectivity index (χ0) is 15.3. The number of carbonyl (C=O) groups is 1. The molecule has 0 aromatic carbocycles. The quantitative estimate of drug-likeness (QED) is 0.353. The lowest BCUT2D eigenvalue weighted by atomic mass is 10.2. The van der Waals surface area contributed by atoms with E-state index in [4.69, 9.17) is 5.21 Å². The van der Waals surface area contributed by atoms with E-state index in [1.165, 1.54) is 5.48 Å². The number of hydroxylamine groups is 1. The molecular formula is C10H17NO6S2. The summed E-state index contributed by atoms with van der Waals surface area (Å²) in [6.07, 6.45) is 2.13. The Labute approximate surface area is 112 Å². The molecule has 0 aliphatic carbocycles. The third-order valence-electron chi connectivity index (χ3n) is 2.47. The van der Waals surface area contributed by atoms with E-state index in [0.717, 1.165) is 19.1 Å². The summed E-state index contributed by atoms with van der Waals surface area (Å²) in [6, 6.07) is 0. The van der Waals surface area contributed by atoms with E-state index in [-0.39, 0.29) is 0 Å². The highest BCUT2D eigenvalue weighted by Gasteiger charge is 2.48. The number of rotatable bonds is 8. The predicted molar refractivity (Wildman–Crippen MR) is 71.2 cm³/mol. The van der Waals surface area contributed by atoms with Crippen molar-refractivity contribution >= 4 is 25.6 Å². The molecule has 1 amide bonds. The molecule has 0 heterocycles. The fraction of sp³-hybridized carbons (Fsp3) is 0.500. The van der Waals surface area contributed by atoms with Crippen molar-refractivity contribution in [2.24, 2.45) is 0 Å². The summed E-state index contributed by atoms with van der Waals surface area (Å²) in [5.41, 5.74) is 1.19. The zero-order valence-electron chi connectivity index (χ0n) is 10.5. The lowest BCUT2D eigenvalue weighted by Crippen LogP contribution is -2.54. The van der Waals surface area contributed by atoms with Gasteiger partial charge in [0.15, 0.2) is 24.4 Å². The van der Waals surface area contributed by atoms with E-state index in [1.54, 1.807) is 0 Å². The molecule has 0 aromatic rings. The smallest absolute Gasteiger partial charge is 0.265 e. The second-order valence-corrected chi connectivity index (χ2v) is 8.66. The average molecular weight is 311 g/mol. The molecule has 1 atom stereocenters. The van der Waals surface area contributed by atoms with E-state index in [9.17, 15) is 21.6 Å². The minimum atomic E-state index is -4.14. The largest absolute Gasteiger partial charge is 0.289 e. The molecule has 0 spiro atoms. The molecule has 0 saturated carbocycles. The van der Waals surface area contributed by atoms with Crippen molar-refractivity contribution in [2.45, 2.75) is 11.7 Å². The first-order valence-corrected chi connectivity index (χ1v) is 8.62. The molecule has 0 aromatic heterocycles. The normalized spacial score (nSPS) is 15.3. The van der Waals surface area contributed by atoms with Crippen LogP contribution in [0.15, 0.2) is 25.3 Å². The third kappa shape index (κ3) is 4.15. The molecule has 7 nitrogen and oxygen atoms in total. The minimum absolute atomic E-state index is 0.467. The topological polar surface area (TPSA) is 118 Å². The number of hydrogen-bond donors (Lipinski definition) is 2. The Bertz CT molecular complexity index is 563. The van der Waals surface area contributed by atoms with Gasteiger partial charge in [0.2, 0.25) is 0 Å². The Morgan fingerprint density at radius 3 is 2.05 bits per heavy atom. The highest BCUT2D eigenvalue weighted by Crippen LogP contribution is 2.22. The molecule has 19 heavy (non-hydrogen) atoms. The number of nitrogens with one attached hydrogen (secondary N) is 1. The van der Waals surface area contributed by atoms with Crippen LogP contribution in [0.2, 0.25) is 0 Å². The second-order valence-electron chi connectivity index (χ2n) is 4.09. The monoisotopic (exact) mass is 311 g/mol. The van der Waals surface area contributed by atoms with Crippen LogP contribution in [0, 0.1) is 0 Å². The number of carbonyl (C=O) groups excluding carboxylic acids is 1. The van der Waals surface area contributed by atoms with E-state index >= 15 is 0 Å². The highest BCUT2D eigenvalue weighted by atomic mass is 32.2. The molecule has 110 valence electrons. The van der Waals surface area contributed by atoms with Gasteiger partial charge >= 0.3 is 0 Å². The lowest BCUT2D eigenvalue weighted by Gasteiger charge is -2.25. The summed E-state index contributed by atoms with van der Waals surface area (Å²) in [5, 5.41) is 8.62. The zero-order valence-corrected chi connectivity index (χ0v) is 12.1. The van der Waals surface area contributed by atoms with Gasteiger partial charge in [-0.25, -0.2) is 22.3 Å². The standard InChI is InChI=1S/C10H17NO6S2/c1-4-6-18(14,15)8-10(3,9(12)11-13)19(16,17)7-5-2/h4-5,13H,1-2,6-8H2,3H3,(H,11,12). The number of hydrogen-bond acceptors (Lipinski definition) is 6. The predicted octanol–water partition coefficient (Wildman–Crippen LogP) is -0.548. The Morgan fingerprint density at radius 1 is 1.21 bits per heavy atom.